The molecular formula is C47H58N16O8. The third-order valence-corrected chi connectivity index (χ3v) is 10.1. The number of aliphatic imine (C=N–C) groups is 1. The molecule has 0 unspecified atom stereocenters. The lowest BCUT2D eigenvalue weighted by atomic mass is 10.1. The van der Waals surface area contributed by atoms with E-state index in [0.29, 0.717) is 52.4 Å². The second-order valence-corrected chi connectivity index (χ2v) is 16.9. The number of aryl methyl sites for hydroxylation is 2. The van der Waals surface area contributed by atoms with Gasteiger partial charge in [0, 0.05) is 43.0 Å². The van der Waals surface area contributed by atoms with E-state index in [1.54, 1.807) is 85.7 Å². The zero-order chi connectivity index (χ0) is 51.6. The molecule has 0 aliphatic carbocycles. The van der Waals surface area contributed by atoms with Crippen molar-refractivity contribution in [1.82, 2.24) is 49.2 Å². The zero-order valence-electron chi connectivity index (χ0n) is 40.8. The van der Waals surface area contributed by atoms with Crippen LogP contribution >= 0.6 is 0 Å². The summed E-state index contributed by atoms with van der Waals surface area (Å²) in [7, 11) is 1.44. The van der Waals surface area contributed by atoms with Crippen molar-refractivity contribution < 1.29 is 38.2 Å². The van der Waals surface area contributed by atoms with Gasteiger partial charge in [0.2, 0.25) is 23.7 Å². The SMILES string of the molecule is CCN=C(/C=C(/C)N)C(=O)Nc1nc2cc(C(N)=O)cc(OC/C=C/Cn3ncc(CNC(=O)OC(C)(C)C)n3)c2n1C/C=C/Cn1c(NC(=O)c2cc(C)nn2CC)nc2cc(C(N)=O)cc(OC)c21. The Labute approximate surface area is 408 Å². The van der Waals surface area contributed by atoms with Gasteiger partial charge in [-0.2, -0.15) is 20.1 Å². The van der Waals surface area contributed by atoms with Gasteiger partial charge in [-0.3, -0.25) is 39.5 Å². The van der Waals surface area contributed by atoms with Gasteiger partial charge >= 0.3 is 6.09 Å². The van der Waals surface area contributed by atoms with Gasteiger partial charge in [0.15, 0.2) is 0 Å². The largest absolute Gasteiger partial charge is 0.494 e. The monoisotopic (exact) mass is 974 g/mol. The van der Waals surface area contributed by atoms with Crippen molar-refractivity contribution in [3.63, 3.8) is 0 Å². The third kappa shape index (κ3) is 13.0. The number of allylic oxidation sites excluding steroid dienone is 4. The molecule has 2 aromatic carbocycles. The Morgan fingerprint density at radius 1 is 0.803 bits per heavy atom. The van der Waals surface area contributed by atoms with E-state index in [-0.39, 0.29) is 78.5 Å². The van der Waals surface area contributed by atoms with Crippen molar-refractivity contribution in [1.29, 1.82) is 0 Å². The van der Waals surface area contributed by atoms with E-state index in [0.717, 1.165) is 0 Å². The van der Waals surface area contributed by atoms with Crippen LogP contribution in [0, 0.1) is 6.92 Å². The molecule has 6 rings (SSSR count). The van der Waals surface area contributed by atoms with Gasteiger partial charge in [-0.05, 0) is 91.0 Å². The van der Waals surface area contributed by atoms with Gasteiger partial charge in [-0.1, -0.05) is 18.2 Å². The summed E-state index contributed by atoms with van der Waals surface area (Å²) >= 11 is 0. The number of nitrogens with two attached hydrogens (primary N) is 3. The molecule has 0 fully saturated rings. The van der Waals surface area contributed by atoms with Crippen LogP contribution in [0.25, 0.3) is 22.1 Å². The molecule has 0 aliphatic rings. The fourth-order valence-corrected chi connectivity index (χ4v) is 7.14. The van der Waals surface area contributed by atoms with E-state index in [1.807, 2.05) is 6.92 Å². The minimum Gasteiger partial charge on any atom is -0.494 e. The number of rotatable bonds is 21. The van der Waals surface area contributed by atoms with Crippen molar-refractivity contribution in [2.24, 2.45) is 22.2 Å². The summed E-state index contributed by atoms with van der Waals surface area (Å²) in [4.78, 5) is 79.6. The second-order valence-electron chi connectivity index (χ2n) is 16.9. The maximum absolute atomic E-state index is 13.8. The first-order chi connectivity index (χ1) is 33.8. The van der Waals surface area contributed by atoms with Gasteiger partial charge in [-0.15, -0.1) is 0 Å². The zero-order valence-corrected chi connectivity index (χ0v) is 40.8. The fourth-order valence-electron chi connectivity index (χ4n) is 7.14. The van der Waals surface area contributed by atoms with Crippen LogP contribution < -0.4 is 42.6 Å². The summed E-state index contributed by atoms with van der Waals surface area (Å²) in [5.41, 5.74) is 20.4. The number of benzene rings is 2. The molecule has 24 nitrogen and oxygen atoms in total. The topological polar surface area (TPSA) is 324 Å². The predicted octanol–water partition coefficient (Wildman–Crippen LogP) is 4.14. The van der Waals surface area contributed by atoms with Crippen LogP contribution in [-0.2, 0) is 42.3 Å². The van der Waals surface area contributed by atoms with E-state index in [4.69, 9.17) is 36.4 Å². The summed E-state index contributed by atoms with van der Waals surface area (Å²) in [6.07, 6.45) is 9.49. The number of methoxy groups -OCH3 is 1. The standard InChI is InChI=1S/C47H58N16O8/c1-9-51-34(19-27(3)48)42(66)56-44-55-33-22-30(41(50)65)24-37(70-18-14-13-17-63-53-26-31(59-63)25-52-46(68)71-47(5,6)7)39(33)61(44)16-12-11-15-60-38-32(21-29(40(49)64)23-36(38)69-8)54-45(60)57-43(67)35-20-28(4)58-62(35)10-2/h11-14,19-24,26H,9-10,15-18,25,48H2,1-8H3,(H2,49,64)(H2,50,65)(H,52,68)(H,54,57,67)(H,55,56,66)/b12-11+,14-13+,27-19-,51-34?. The van der Waals surface area contributed by atoms with Crippen LogP contribution in [0.2, 0.25) is 0 Å². The van der Waals surface area contributed by atoms with Crippen molar-refractivity contribution in [3.8, 4) is 11.5 Å². The van der Waals surface area contributed by atoms with Crippen LogP contribution in [0.4, 0.5) is 16.7 Å². The molecule has 0 atom stereocenters. The smallest absolute Gasteiger partial charge is 0.407 e. The number of fused-ring (bicyclic) bond motifs is 2. The third-order valence-electron chi connectivity index (χ3n) is 10.1. The molecule has 4 aromatic heterocycles. The van der Waals surface area contributed by atoms with Gasteiger partial charge in [-0.25, -0.2) is 14.8 Å². The number of anilines is 2. The number of imidazole rings is 2. The van der Waals surface area contributed by atoms with E-state index in [1.165, 1.54) is 48.4 Å². The Bertz CT molecular complexity index is 3100. The first-order valence-electron chi connectivity index (χ1n) is 22.4. The average Bonchev–Trinajstić information content (AvgIpc) is 4.09. The lowest BCUT2D eigenvalue weighted by Crippen LogP contribution is -2.32. The van der Waals surface area contributed by atoms with E-state index < -0.39 is 35.3 Å². The Morgan fingerprint density at radius 2 is 1.41 bits per heavy atom. The number of aromatic nitrogens is 9. The van der Waals surface area contributed by atoms with Crippen LogP contribution in [0.3, 0.4) is 0 Å². The van der Waals surface area contributed by atoms with E-state index >= 15 is 0 Å². The quantitative estimate of drug-likeness (QED) is 0.0436. The van der Waals surface area contributed by atoms with Gasteiger partial charge in [0.25, 0.3) is 11.8 Å². The normalized spacial score (nSPS) is 12.3. The highest BCUT2D eigenvalue weighted by Gasteiger charge is 2.24. The molecule has 0 radical (unpaired) electrons. The maximum Gasteiger partial charge on any atom is 0.407 e. The molecule has 374 valence electrons. The molecule has 0 aliphatic heterocycles. The fraction of sp³-hybridized carbons (Fsp3) is 0.340. The van der Waals surface area contributed by atoms with Gasteiger partial charge in [0.05, 0.1) is 43.1 Å². The number of amides is 5. The van der Waals surface area contributed by atoms with Crippen molar-refractivity contribution in [2.75, 3.05) is 30.9 Å². The molecule has 24 heteroatoms. The number of primary amides is 2. The van der Waals surface area contributed by atoms with Crippen molar-refractivity contribution in [2.45, 2.75) is 86.8 Å². The molecular weight excluding hydrogens is 917 g/mol. The molecule has 71 heavy (non-hydrogen) atoms. The highest BCUT2D eigenvalue weighted by Crippen LogP contribution is 2.33. The second kappa shape index (κ2) is 22.5. The first kappa shape index (κ1) is 51.6. The number of carbonyl (C=O) groups excluding carboxylic acids is 5. The average molecular weight is 975 g/mol. The van der Waals surface area contributed by atoms with Crippen LogP contribution in [-0.4, -0.2) is 105 Å². The highest BCUT2D eigenvalue weighted by atomic mass is 16.6. The van der Waals surface area contributed by atoms with E-state index in [9.17, 15) is 24.0 Å². The maximum atomic E-state index is 13.8. The molecule has 0 saturated heterocycles. The van der Waals surface area contributed by atoms with Gasteiger partial charge < -0.3 is 45.9 Å². The van der Waals surface area contributed by atoms with Crippen molar-refractivity contribution in [3.05, 3.63) is 101 Å². The Balaban J connectivity index is 1.33. The number of nitrogens with zero attached hydrogens (tertiary/aromatic N) is 10. The lowest BCUT2D eigenvalue weighted by Gasteiger charge is -2.19. The molecule has 5 amide bonds. The van der Waals surface area contributed by atoms with Crippen LogP contribution in [0.1, 0.15) is 84.1 Å². The van der Waals surface area contributed by atoms with Crippen molar-refractivity contribution >= 4 is 69.4 Å². The molecule has 0 saturated carbocycles. The Morgan fingerprint density at radius 3 is 1.99 bits per heavy atom. The first-order valence-corrected chi connectivity index (χ1v) is 22.4. The Hall–Kier alpha value is -8.83. The number of nitrogens with one attached hydrogen (secondary N) is 3. The van der Waals surface area contributed by atoms with E-state index in [2.05, 4.69) is 41.2 Å². The molecule has 0 bridgehead atoms. The number of hydrogen-bond acceptors (Lipinski definition) is 15. The summed E-state index contributed by atoms with van der Waals surface area (Å²) in [5, 5.41) is 21.4. The Kier molecular flexibility index (Phi) is 16.4. The summed E-state index contributed by atoms with van der Waals surface area (Å²) in [5.74, 6) is -1.77. The summed E-state index contributed by atoms with van der Waals surface area (Å²) < 4.78 is 22.2. The highest BCUT2D eigenvalue weighted by molar-refractivity contribution is 6.47. The number of alkyl carbamates (subject to hydrolysis) is 1. The minimum atomic E-state index is -0.738. The lowest BCUT2D eigenvalue weighted by molar-refractivity contribution is -0.110. The number of carbonyl (C=O) groups is 5. The predicted molar refractivity (Wildman–Crippen MR) is 265 cm³/mol. The molecule has 6 aromatic rings. The van der Waals surface area contributed by atoms with Crippen LogP contribution in [0.5, 0.6) is 11.5 Å². The molecule has 4 heterocycles. The summed E-state index contributed by atoms with van der Waals surface area (Å²) in [6.45, 7) is 13.7. The van der Waals surface area contributed by atoms with Crippen LogP contribution in [0.15, 0.2) is 77.6 Å². The number of hydrogen-bond donors (Lipinski definition) is 6. The number of ether oxygens (including phenoxy) is 3. The summed E-state index contributed by atoms with van der Waals surface area (Å²) in [6, 6.07) is 7.65. The van der Waals surface area contributed by atoms with Gasteiger partial charge in [0.1, 0.15) is 51.8 Å². The molecule has 0 spiro atoms. The minimum absolute atomic E-state index is 0.0162. The molecule has 9 N–H and O–H groups in total.